The van der Waals surface area contributed by atoms with Crippen molar-refractivity contribution in [1.29, 1.82) is 0 Å². The van der Waals surface area contributed by atoms with Crippen LogP contribution in [0.1, 0.15) is 38.2 Å². The van der Waals surface area contributed by atoms with Crippen molar-refractivity contribution < 1.29 is 4.79 Å². The van der Waals surface area contributed by atoms with Crippen LogP contribution in [0.3, 0.4) is 0 Å². The molecule has 0 aromatic carbocycles. The van der Waals surface area contributed by atoms with Crippen molar-refractivity contribution in [3.8, 4) is 0 Å². The van der Waals surface area contributed by atoms with Gasteiger partial charge in [0, 0.05) is 25.2 Å². The Bertz CT molecular complexity index is 411. The van der Waals surface area contributed by atoms with Gasteiger partial charge in [-0.1, -0.05) is 0 Å². The molecule has 0 spiro atoms. The van der Waals surface area contributed by atoms with E-state index in [1.54, 1.807) is 0 Å². The Hall–Kier alpha value is -1.69. The summed E-state index contributed by atoms with van der Waals surface area (Å²) in [5.41, 5.74) is 5.74. The topological polar surface area (TPSA) is 84.1 Å². The highest BCUT2D eigenvalue weighted by Gasteiger charge is 2.14. The average molecular weight is 265 g/mol. The number of nitrogens with two attached hydrogens (primary N) is 1. The molecule has 0 atom stereocenters. The average Bonchev–Trinajstić information content (AvgIpc) is 2.33. The minimum atomic E-state index is -0.243. The summed E-state index contributed by atoms with van der Waals surface area (Å²) in [5.74, 6) is 0.00546. The van der Waals surface area contributed by atoms with Gasteiger partial charge in [-0.05, 0) is 27.7 Å². The molecule has 1 aromatic heterocycles. The molecule has 0 unspecified atom stereocenters. The molecule has 0 aliphatic heterocycles. The second-order valence-electron chi connectivity index (χ2n) is 5.01. The van der Waals surface area contributed by atoms with Gasteiger partial charge in [0.1, 0.15) is 11.5 Å². The largest absolute Gasteiger partial charge is 0.382 e. The molecule has 0 aliphatic rings. The number of hydrogen-bond donors (Lipinski definition) is 2. The van der Waals surface area contributed by atoms with Gasteiger partial charge in [0.15, 0.2) is 0 Å². The molecule has 6 nitrogen and oxygen atoms in total. The summed E-state index contributed by atoms with van der Waals surface area (Å²) in [5, 5.41) is 2.83. The first-order chi connectivity index (χ1) is 8.91. The lowest BCUT2D eigenvalue weighted by molar-refractivity contribution is 0.0934. The Morgan fingerprint density at radius 1 is 1.32 bits per heavy atom. The van der Waals surface area contributed by atoms with Crippen molar-refractivity contribution >= 4 is 11.7 Å². The van der Waals surface area contributed by atoms with Crippen LogP contribution in [0.25, 0.3) is 0 Å². The van der Waals surface area contributed by atoms with Crippen LogP contribution in [-0.4, -0.2) is 45.9 Å². The first kappa shape index (κ1) is 15.4. The molecule has 19 heavy (non-hydrogen) atoms. The molecule has 0 radical (unpaired) electrons. The van der Waals surface area contributed by atoms with E-state index in [0.717, 1.165) is 6.54 Å². The van der Waals surface area contributed by atoms with E-state index in [0.29, 0.717) is 18.6 Å². The number of carbonyl (C=O) groups is 1. The minimum Gasteiger partial charge on any atom is -0.382 e. The van der Waals surface area contributed by atoms with Crippen LogP contribution in [0, 0.1) is 0 Å². The predicted molar refractivity (Wildman–Crippen MR) is 75.8 cm³/mol. The highest BCUT2D eigenvalue weighted by Crippen LogP contribution is 2.03. The van der Waals surface area contributed by atoms with Crippen LogP contribution in [0.5, 0.6) is 0 Å². The molecule has 1 aromatic rings. The number of nitrogens with zero attached hydrogens (tertiary/aromatic N) is 3. The van der Waals surface area contributed by atoms with Gasteiger partial charge in [-0.25, -0.2) is 4.98 Å². The summed E-state index contributed by atoms with van der Waals surface area (Å²) in [6, 6.07) is 0.896. The molecule has 0 saturated heterocycles. The molecule has 0 aliphatic carbocycles. The second kappa shape index (κ2) is 7.04. The molecule has 3 N–H and O–H groups in total. The first-order valence-electron chi connectivity index (χ1n) is 6.53. The van der Waals surface area contributed by atoms with E-state index < -0.39 is 0 Å². The Morgan fingerprint density at radius 3 is 2.47 bits per heavy atom. The van der Waals surface area contributed by atoms with Gasteiger partial charge in [0.25, 0.3) is 5.91 Å². The Morgan fingerprint density at radius 2 is 1.95 bits per heavy atom. The van der Waals surface area contributed by atoms with E-state index in [-0.39, 0.29) is 17.4 Å². The highest BCUT2D eigenvalue weighted by molar-refractivity contribution is 5.92. The Labute approximate surface area is 114 Å². The SMILES string of the molecule is CC(C)N(CCNC(=O)c1cncc(N)n1)C(C)C. The van der Waals surface area contributed by atoms with Crippen molar-refractivity contribution in [1.82, 2.24) is 20.2 Å². The van der Waals surface area contributed by atoms with Crippen LogP contribution in [0.15, 0.2) is 12.4 Å². The second-order valence-corrected chi connectivity index (χ2v) is 5.01. The number of rotatable bonds is 6. The third-order valence-corrected chi connectivity index (χ3v) is 2.87. The fraction of sp³-hybridized carbons (Fsp3) is 0.615. The fourth-order valence-electron chi connectivity index (χ4n) is 1.99. The summed E-state index contributed by atoms with van der Waals surface area (Å²) < 4.78 is 0. The molecule has 1 heterocycles. The van der Waals surface area contributed by atoms with Crippen molar-refractivity contribution in [2.75, 3.05) is 18.8 Å². The van der Waals surface area contributed by atoms with Gasteiger partial charge in [0.2, 0.25) is 0 Å². The van der Waals surface area contributed by atoms with Gasteiger partial charge in [0.05, 0.1) is 12.4 Å². The molecule has 0 bridgehead atoms. The molecule has 1 rings (SSSR count). The summed E-state index contributed by atoms with van der Waals surface area (Å²) in [7, 11) is 0. The summed E-state index contributed by atoms with van der Waals surface area (Å²) in [4.78, 5) is 21.9. The molecular weight excluding hydrogens is 242 g/mol. The molecule has 1 amide bonds. The van der Waals surface area contributed by atoms with Crippen LogP contribution in [-0.2, 0) is 0 Å². The van der Waals surface area contributed by atoms with Crippen molar-refractivity contribution in [2.45, 2.75) is 39.8 Å². The third kappa shape index (κ3) is 4.82. The number of hydrogen-bond acceptors (Lipinski definition) is 5. The monoisotopic (exact) mass is 265 g/mol. The smallest absolute Gasteiger partial charge is 0.271 e. The molecule has 106 valence electrons. The maximum absolute atomic E-state index is 11.8. The third-order valence-electron chi connectivity index (χ3n) is 2.87. The zero-order valence-corrected chi connectivity index (χ0v) is 12.1. The Balaban J connectivity index is 2.47. The lowest BCUT2D eigenvalue weighted by Gasteiger charge is -2.30. The summed E-state index contributed by atoms with van der Waals surface area (Å²) >= 11 is 0. The molecule has 0 fully saturated rings. The van der Waals surface area contributed by atoms with E-state index in [1.165, 1.54) is 12.4 Å². The highest BCUT2D eigenvalue weighted by atomic mass is 16.1. The zero-order valence-electron chi connectivity index (χ0n) is 12.1. The van der Waals surface area contributed by atoms with Crippen molar-refractivity contribution in [2.24, 2.45) is 0 Å². The Kier molecular flexibility index (Phi) is 5.69. The quantitative estimate of drug-likeness (QED) is 0.798. The van der Waals surface area contributed by atoms with E-state index >= 15 is 0 Å². The summed E-state index contributed by atoms with van der Waals surface area (Å²) in [6.45, 7) is 9.95. The van der Waals surface area contributed by atoms with Gasteiger partial charge >= 0.3 is 0 Å². The van der Waals surface area contributed by atoms with Crippen LogP contribution >= 0.6 is 0 Å². The van der Waals surface area contributed by atoms with Gasteiger partial charge in [-0.3, -0.25) is 14.7 Å². The number of anilines is 1. The van der Waals surface area contributed by atoms with E-state index in [4.69, 9.17) is 5.73 Å². The lowest BCUT2D eigenvalue weighted by atomic mass is 10.2. The van der Waals surface area contributed by atoms with Gasteiger partial charge in [-0.15, -0.1) is 0 Å². The number of carbonyl (C=O) groups excluding carboxylic acids is 1. The van der Waals surface area contributed by atoms with Gasteiger partial charge < -0.3 is 11.1 Å². The molecule has 0 saturated carbocycles. The van der Waals surface area contributed by atoms with Crippen LogP contribution < -0.4 is 11.1 Å². The number of aromatic nitrogens is 2. The number of amides is 1. The van der Waals surface area contributed by atoms with E-state index in [9.17, 15) is 4.79 Å². The van der Waals surface area contributed by atoms with Gasteiger partial charge in [-0.2, -0.15) is 0 Å². The maximum Gasteiger partial charge on any atom is 0.271 e. The maximum atomic E-state index is 11.8. The van der Waals surface area contributed by atoms with Crippen molar-refractivity contribution in [3.63, 3.8) is 0 Å². The lowest BCUT2D eigenvalue weighted by Crippen LogP contribution is -2.42. The molecule has 6 heteroatoms. The first-order valence-corrected chi connectivity index (χ1v) is 6.53. The van der Waals surface area contributed by atoms with E-state index in [1.807, 2.05) is 0 Å². The van der Waals surface area contributed by atoms with Crippen LogP contribution in [0.4, 0.5) is 5.82 Å². The van der Waals surface area contributed by atoms with Crippen LogP contribution in [0.2, 0.25) is 0 Å². The number of nitrogens with one attached hydrogen (secondary N) is 1. The fourth-order valence-corrected chi connectivity index (χ4v) is 1.99. The minimum absolute atomic E-state index is 0.243. The summed E-state index contributed by atoms with van der Waals surface area (Å²) in [6.07, 6.45) is 2.82. The normalized spacial score (nSPS) is 11.3. The standard InChI is InChI=1S/C13H23N5O/c1-9(2)18(10(3)4)6-5-16-13(19)11-7-15-8-12(14)17-11/h7-10H,5-6H2,1-4H3,(H2,14,17)(H,16,19). The van der Waals surface area contributed by atoms with Crippen molar-refractivity contribution in [3.05, 3.63) is 18.1 Å². The zero-order chi connectivity index (χ0) is 14.4. The predicted octanol–water partition coefficient (Wildman–Crippen LogP) is 0.907. The molecular formula is C13H23N5O. The van der Waals surface area contributed by atoms with E-state index in [2.05, 4.69) is 47.9 Å². The number of nitrogen functional groups attached to an aromatic ring is 1.